The van der Waals surface area contributed by atoms with Gasteiger partial charge in [-0.05, 0) is 37.5 Å². The minimum absolute atomic E-state index is 0.191. The smallest absolute Gasteiger partial charge is 0.318 e. The highest BCUT2D eigenvalue weighted by Crippen LogP contribution is 2.37. The van der Waals surface area contributed by atoms with Crippen LogP contribution in [-0.4, -0.2) is 10.1 Å². The van der Waals surface area contributed by atoms with Crippen molar-refractivity contribution >= 4 is 6.01 Å². The largest absolute Gasteiger partial charge is 0.351 e. The van der Waals surface area contributed by atoms with Gasteiger partial charge in [-0.15, -0.1) is 0 Å². The van der Waals surface area contributed by atoms with Crippen LogP contribution in [0, 0.1) is 11.8 Å². The number of nitrogens with zero attached hydrogens (tertiary/aromatic N) is 2. The lowest BCUT2D eigenvalue weighted by Gasteiger charge is -2.29. The molecular formula is C11H19N3O. The van der Waals surface area contributed by atoms with E-state index >= 15 is 0 Å². The highest BCUT2D eigenvalue weighted by Gasteiger charge is 2.26. The van der Waals surface area contributed by atoms with Gasteiger partial charge >= 0.3 is 6.01 Å². The van der Waals surface area contributed by atoms with Gasteiger partial charge in [-0.25, -0.2) is 0 Å². The molecule has 15 heavy (non-hydrogen) atoms. The van der Waals surface area contributed by atoms with Crippen molar-refractivity contribution in [2.75, 3.05) is 5.73 Å². The Morgan fingerprint density at radius 1 is 1.27 bits per heavy atom. The summed E-state index contributed by atoms with van der Waals surface area (Å²) >= 11 is 0. The normalized spacial score (nSPS) is 27.1. The monoisotopic (exact) mass is 209 g/mol. The van der Waals surface area contributed by atoms with E-state index < -0.39 is 0 Å². The van der Waals surface area contributed by atoms with Crippen molar-refractivity contribution in [3.05, 3.63) is 5.82 Å². The predicted molar refractivity (Wildman–Crippen MR) is 58.2 cm³/mol. The van der Waals surface area contributed by atoms with Crippen molar-refractivity contribution in [3.8, 4) is 0 Å². The maximum atomic E-state index is 5.42. The molecule has 1 aliphatic rings. The SMILES string of the molecule is CC(C)C1CCC(c2noc(N)n2)CC1. The van der Waals surface area contributed by atoms with E-state index in [0.717, 1.165) is 17.7 Å². The van der Waals surface area contributed by atoms with Crippen LogP contribution >= 0.6 is 0 Å². The maximum Gasteiger partial charge on any atom is 0.318 e. The summed E-state index contributed by atoms with van der Waals surface area (Å²) in [6.45, 7) is 4.61. The highest BCUT2D eigenvalue weighted by molar-refractivity contribution is 5.10. The number of rotatable bonds is 2. The van der Waals surface area contributed by atoms with Crippen LogP contribution in [0.1, 0.15) is 51.3 Å². The van der Waals surface area contributed by atoms with Gasteiger partial charge in [0.2, 0.25) is 0 Å². The van der Waals surface area contributed by atoms with Crippen molar-refractivity contribution in [3.63, 3.8) is 0 Å². The second kappa shape index (κ2) is 4.21. The quantitative estimate of drug-likeness (QED) is 0.813. The lowest BCUT2D eigenvalue weighted by Crippen LogP contribution is -2.18. The summed E-state index contributed by atoms with van der Waals surface area (Å²) in [4.78, 5) is 4.10. The Kier molecular flexibility index (Phi) is 2.93. The van der Waals surface area contributed by atoms with Crippen LogP contribution < -0.4 is 5.73 Å². The van der Waals surface area contributed by atoms with Gasteiger partial charge in [0.25, 0.3) is 0 Å². The molecule has 2 rings (SSSR count). The van der Waals surface area contributed by atoms with Crippen molar-refractivity contribution in [2.45, 2.75) is 45.4 Å². The first-order valence-corrected chi connectivity index (χ1v) is 5.76. The number of aromatic nitrogens is 2. The average molecular weight is 209 g/mol. The average Bonchev–Trinajstić information content (AvgIpc) is 2.65. The van der Waals surface area contributed by atoms with Gasteiger partial charge in [-0.2, -0.15) is 4.98 Å². The van der Waals surface area contributed by atoms with Crippen LogP contribution in [0.3, 0.4) is 0 Å². The van der Waals surface area contributed by atoms with E-state index in [1.54, 1.807) is 0 Å². The molecule has 0 unspecified atom stereocenters. The molecule has 84 valence electrons. The number of hydrogen-bond donors (Lipinski definition) is 1. The molecule has 0 amide bonds. The molecule has 0 radical (unpaired) electrons. The lowest BCUT2D eigenvalue weighted by molar-refractivity contribution is 0.252. The fraction of sp³-hybridized carbons (Fsp3) is 0.818. The van der Waals surface area contributed by atoms with Gasteiger partial charge in [0, 0.05) is 5.92 Å². The molecule has 1 aromatic rings. The molecule has 0 aromatic carbocycles. The summed E-state index contributed by atoms with van der Waals surface area (Å²) in [6.07, 6.45) is 4.89. The summed E-state index contributed by atoms with van der Waals surface area (Å²) in [5, 5.41) is 3.90. The first-order valence-electron chi connectivity index (χ1n) is 5.76. The van der Waals surface area contributed by atoms with Crippen LogP contribution in [0.15, 0.2) is 4.52 Å². The molecule has 1 fully saturated rings. The molecule has 0 atom stereocenters. The topological polar surface area (TPSA) is 64.9 Å². The van der Waals surface area contributed by atoms with Crippen molar-refractivity contribution in [1.29, 1.82) is 0 Å². The molecule has 2 N–H and O–H groups in total. The van der Waals surface area contributed by atoms with Gasteiger partial charge in [-0.1, -0.05) is 19.0 Å². The molecule has 4 nitrogen and oxygen atoms in total. The van der Waals surface area contributed by atoms with Gasteiger partial charge in [-0.3, -0.25) is 0 Å². The summed E-state index contributed by atoms with van der Waals surface area (Å²) in [5.74, 6) is 2.92. The van der Waals surface area contributed by atoms with E-state index in [2.05, 4.69) is 24.0 Å². The minimum atomic E-state index is 0.191. The van der Waals surface area contributed by atoms with E-state index in [1.807, 2.05) is 0 Å². The fourth-order valence-corrected chi connectivity index (χ4v) is 2.46. The van der Waals surface area contributed by atoms with Crippen molar-refractivity contribution < 1.29 is 4.52 Å². The highest BCUT2D eigenvalue weighted by atomic mass is 16.5. The second-order valence-corrected chi connectivity index (χ2v) is 4.85. The Morgan fingerprint density at radius 2 is 1.93 bits per heavy atom. The Labute approximate surface area is 90.2 Å². The van der Waals surface area contributed by atoms with E-state index in [1.165, 1.54) is 25.7 Å². The van der Waals surface area contributed by atoms with Gasteiger partial charge in [0.1, 0.15) is 0 Å². The van der Waals surface area contributed by atoms with Crippen LogP contribution in [0.2, 0.25) is 0 Å². The molecule has 1 aromatic heterocycles. The minimum Gasteiger partial charge on any atom is -0.351 e. The zero-order valence-corrected chi connectivity index (χ0v) is 9.44. The maximum absolute atomic E-state index is 5.42. The lowest BCUT2D eigenvalue weighted by atomic mass is 9.77. The molecule has 1 heterocycles. The van der Waals surface area contributed by atoms with E-state index in [0.29, 0.717) is 5.92 Å². The van der Waals surface area contributed by atoms with Gasteiger partial charge < -0.3 is 10.3 Å². The van der Waals surface area contributed by atoms with Crippen molar-refractivity contribution in [2.24, 2.45) is 11.8 Å². The Balaban J connectivity index is 1.93. The molecule has 0 saturated heterocycles. The number of hydrogen-bond acceptors (Lipinski definition) is 4. The van der Waals surface area contributed by atoms with Crippen LogP contribution in [0.4, 0.5) is 6.01 Å². The number of anilines is 1. The van der Waals surface area contributed by atoms with Crippen LogP contribution in [-0.2, 0) is 0 Å². The molecule has 1 aliphatic carbocycles. The molecule has 0 spiro atoms. The third kappa shape index (κ3) is 2.30. The van der Waals surface area contributed by atoms with Gasteiger partial charge in [0.15, 0.2) is 5.82 Å². The molecule has 1 saturated carbocycles. The summed E-state index contributed by atoms with van der Waals surface area (Å²) in [6, 6.07) is 0.191. The van der Waals surface area contributed by atoms with Crippen LogP contribution in [0.5, 0.6) is 0 Å². The van der Waals surface area contributed by atoms with Crippen molar-refractivity contribution in [1.82, 2.24) is 10.1 Å². The van der Waals surface area contributed by atoms with E-state index in [4.69, 9.17) is 10.3 Å². The fourth-order valence-electron chi connectivity index (χ4n) is 2.46. The Morgan fingerprint density at radius 3 is 2.40 bits per heavy atom. The third-order valence-electron chi connectivity index (χ3n) is 3.54. The van der Waals surface area contributed by atoms with E-state index in [9.17, 15) is 0 Å². The van der Waals surface area contributed by atoms with Gasteiger partial charge in [0.05, 0.1) is 0 Å². The second-order valence-electron chi connectivity index (χ2n) is 4.85. The number of nitrogen functional groups attached to an aromatic ring is 1. The zero-order valence-electron chi connectivity index (χ0n) is 9.44. The molecular weight excluding hydrogens is 190 g/mol. The Hall–Kier alpha value is -1.06. The molecule has 4 heteroatoms. The van der Waals surface area contributed by atoms with Crippen LogP contribution in [0.25, 0.3) is 0 Å². The van der Waals surface area contributed by atoms with E-state index in [-0.39, 0.29) is 6.01 Å². The summed E-state index contributed by atoms with van der Waals surface area (Å²) in [7, 11) is 0. The predicted octanol–water partition coefficient (Wildman–Crippen LogP) is 2.58. The zero-order chi connectivity index (χ0) is 10.8. The Bertz CT molecular complexity index is 313. The number of nitrogens with two attached hydrogens (primary N) is 1. The standard InChI is InChI=1S/C11H19N3O/c1-7(2)8-3-5-9(6-4-8)10-13-11(12)15-14-10/h7-9H,3-6H2,1-2H3,(H2,12,13,14). The summed E-state index contributed by atoms with van der Waals surface area (Å²) < 4.78 is 4.81. The third-order valence-corrected chi connectivity index (χ3v) is 3.54. The first kappa shape index (κ1) is 10.5. The first-order chi connectivity index (χ1) is 7.16. The summed E-state index contributed by atoms with van der Waals surface area (Å²) in [5.41, 5.74) is 5.42. The molecule has 0 bridgehead atoms. The molecule has 0 aliphatic heterocycles.